The first-order valence-electron chi connectivity index (χ1n) is 8.75. The second kappa shape index (κ2) is 8.10. The summed E-state index contributed by atoms with van der Waals surface area (Å²) in [6.45, 7) is 4.81. The molecule has 1 unspecified atom stereocenters. The predicted octanol–water partition coefficient (Wildman–Crippen LogP) is 3.66. The lowest BCUT2D eigenvalue weighted by molar-refractivity contribution is -0.149. The quantitative estimate of drug-likeness (QED) is 0.721. The summed E-state index contributed by atoms with van der Waals surface area (Å²) in [7, 11) is 3.29. The number of nitrogens with zero attached hydrogens (tertiary/aromatic N) is 1. The van der Waals surface area contributed by atoms with Crippen molar-refractivity contribution in [3.05, 3.63) is 45.6 Å². The minimum Gasteiger partial charge on any atom is -0.493 e. The fraction of sp³-hybridized carbons (Fsp3) is 0.450. The lowest BCUT2D eigenvalue weighted by atomic mass is 9.91. The van der Waals surface area contributed by atoms with Crippen molar-refractivity contribution in [3.8, 4) is 11.5 Å². The van der Waals surface area contributed by atoms with Crippen molar-refractivity contribution in [1.82, 2.24) is 4.90 Å². The van der Waals surface area contributed by atoms with Gasteiger partial charge in [-0.05, 0) is 55.0 Å². The molecule has 2 aromatic rings. The van der Waals surface area contributed by atoms with Gasteiger partial charge >= 0.3 is 5.97 Å². The number of fused-ring (bicyclic) bond motifs is 1. The standard InChI is InChI=1S/C20H25NO4S/c1-13(2)25-19(22)12-21-8-7-14-10-16(23-3)17(24-4)11-15(14)20(21)18-6-5-9-26-18/h5-6,9-11,13,20H,7-8,12H2,1-4H3. The average Bonchev–Trinajstić information content (AvgIpc) is 3.13. The topological polar surface area (TPSA) is 48.0 Å². The third-order valence-corrected chi connectivity index (χ3v) is 5.41. The highest BCUT2D eigenvalue weighted by Crippen LogP contribution is 2.42. The summed E-state index contributed by atoms with van der Waals surface area (Å²) in [4.78, 5) is 15.7. The number of hydrogen-bond acceptors (Lipinski definition) is 6. The highest BCUT2D eigenvalue weighted by Gasteiger charge is 2.32. The Bertz CT molecular complexity index is 757. The van der Waals surface area contributed by atoms with E-state index in [4.69, 9.17) is 14.2 Å². The monoisotopic (exact) mass is 375 g/mol. The molecule has 26 heavy (non-hydrogen) atoms. The van der Waals surface area contributed by atoms with Crippen LogP contribution in [0.4, 0.5) is 0 Å². The first-order valence-corrected chi connectivity index (χ1v) is 9.63. The summed E-state index contributed by atoms with van der Waals surface area (Å²) in [6, 6.07) is 8.26. The fourth-order valence-electron chi connectivity index (χ4n) is 3.41. The number of thiophene rings is 1. The fourth-order valence-corrected chi connectivity index (χ4v) is 4.29. The molecule has 1 aromatic heterocycles. The third kappa shape index (κ3) is 3.86. The zero-order valence-corrected chi connectivity index (χ0v) is 16.5. The van der Waals surface area contributed by atoms with Crippen LogP contribution < -0.4 is 9.47 Å². The number of carbonyl (C=O) groups is 1. The molecule has 1 aromatic carbocycles. The molecule has 6 heteroatoms. The van der Waals surface area contributed by atoms with Crippen LogP contribution in [0.1, 0.15) is 35.9 Å². The Kier molecular flexibility index (Phi) is 5.84. The predicted molar refractivity (Wildman–Crippen MR) is 102 cm³/mol. The van der Waals surface area contributed by atoms with Crippen molar-refractivity contribution < 1.29 is 19.0 Å². The number of benzene rings is 1. The van der Waals surface area contributed by atoms with Crippen molar-refractivity contribution in [2.45, 2.75) is 32.4 Å². The minimum atomic E-state index is -0.189. The number of rotatable bonds is 6. The van der Waals surface area contributed by atoms with E-state index in [1.54, 1.807) is 25.6 Å². The summed E-state index contributed by atoms with van der Waals surface area (Å²) < 4.78 is 16.3. The second-order valence-electron chi connectivity index (χ2n) is 6.58. The number of hydrogen-bond donors (Lipinski definition) is 0. The van der Waals surface area contributed by atoms with Crippen molar-refractivity contribution in [2.75, 3.05) is 27.3 Å². The molecule has 2 heterocycles. The summed E-state index contributed by atoms with van der Waals surface area (Å²) >= 11 is 1.70. The van der Waals surface area contributed by atoms with Crippen LogP contribution in [0, 0.1) is 0 Å². The molecule has 1 atom stereocenters. The molecule has 3 rings (SSSR count). The van der Waals surface area contributed by atoms with E-state index in [-0.39, 0.29) is 24.7 Å². The largest absolute Gasteiger partial charge is 0.493 e. The lowest BCUT2D eigenvalue weighted by Gasteiger charge is -2.36. The van der Waals surface area contributed by atoms with Gasteiger partial charge in [0.1, 0.15) is 0 Å². The zero-order chi connectivity index (χ0) is 18.7. The molecular formula is C20H25NO4S. The summed E-state index contributed by atoms with van der Waals surface area (Å²) in [5, 5.41) is 2.06. The summed E-state index contributed by atoms with van der Waals surface area (Å²) in [6.07, 6.45) is 0.746. The van der Waals surface area contributed by atoms with Crippen LogP contribution in [0.25, 0.3) is 0 Å². The number of methoxy groups -OCH3 is 2. The van der Waals surface area contributed by atoms with E-state index in [1.165, 1.54) is 10.4 Å². The maximum atomic E-state index is 12.3. The maximum Gasteiger partial charge on any atom is 0.320 e. The SMILES string of the molecule is COc1cc2c(cc1OC)C(c1cccs1)N(CC(=O)OC(C)C)CC2. The molecule has 0 radical (unpaired) electrons. The van der Waals surface area contributed by atoms with Gasteiger partial charge in [-0.1, -0.05) is 6.07 Å². The van der Waals surface area contributed by atoms with Gasteiger partial charge in [-0.2, -0.15) is 0 Å². The molecule has 0 spiro atoms. The van der Waals surface area contributed by atoms with Gasteiger partial charge in [0.15, 0.2) is 11.5 Å². The number of carbonyl (C=O) groups excluding carboxylic acids is 1. The van der Waals surface area contributed by atoms with Crippen LogP contribution in [-0.4, -0.2) is 44.3 Å². The Hall–Kier alpha value is -2.05. The Labute approximate surface area is 158 Å². The maximum absolute atomic E-state index is 12.3. The Morgan fingerprint density at radius 2 is 2.00 bits per heavy atom. The molecule has 0 saturated heterocycles. The molecule has 0 saturated carbocycles. The minimum absolute atomic E-state index is 0.0123. The van der Waals surface area contributed by atoms with Crippen LogP contribution in [0.5, 0.6) is 11.5 Å². The van der Waals surface area contributed by atoms with Gasteiger partial charge in [0.25, 0.3) is 0 Å². The van der Waals surface area contributed by atoms with E-state index in [0.717, 1.165) is 24.3 Å². The van der Waals surface area contributed by atoms with Gasteiger partial charge in [-0.3, -0.25) is 9.69 Å². The second-order valence-corrected chi connectivity index (χ2v) is 7.56. The van der Waals surface area contributed by atoms with Crippen molar-refractivity contribution in [3.63, 3.8) is 0 Å². The number of ether oxygens (including phenoxy) is 3. The van der Waals surface area contributed by atoms with Crippen LogP contribution in [0.15, 0.2) is 29.6 Å². The van der Waals surface area contributed by atoms with Gasteiger partial charge in [0.2, 0.25) is 0 Å². The lowest BCUT2D eigenvalue weighted by Crippen LogP contribution is -2.40. The van der Waals surface area contributed by atoms with E-state index in [0.29, 0.717) is 5.75 Å². The molecule has 0 bridgehead atoms. The van der Waals surface area contributed by atoms with E-state index in [9.17, 15) is 4.79 Å². The summed E-state index contributed by atoms with van der Waals surface area (Å²) in [5.74, 6) is 1.26. The highest BCUT2D eigenvalue weighted by atomic mass is 32.1. The Morgan fingerprint density at radius 3 is 2.62 bits per heavy atom. The van der Waals surface area contributed by atoms with Gasteiger partial charge in [-0.15, -0.1) is 11.3 Å². The normalized spacial score (nSPS) is 17.0. The number of esters is 1. The van der Waals surface area contributed by atoms with Crippen LogP contribution in [-0.2, 0) is 16.0 Å². The average molecular weight is 375 g/mol. The first-order chi connectivity index (χ1) is 12.5. The molecule has 5 nitrogen and oxygen atoms in total. The molecule has 1 aliphatic rings. The van der Waals surface area contributed by atoms with E-state index in [1.807, 2.05) is 26.0 Å². The highest BCUT2D eigenvalue weighted by molar-refractivity contribution is 7.10. The van der Waals surface area contributed by atoms with Crippen LogP contribution in [0.2, 0.25) is 0 Å². The smallest absolute Gasteiger partial charge is 0.320 e. The molecule has 0 aliphatic carbocycles. The zero-order valence-electron chi connectivity index (χ0n) is 15.7. The molecule has 0 fully saturated rings. The van der Waals surface area contributed by atoms with Crippen molar-refractivity contribution in [2.24, 2.45) is 0 Å². The van der Waals surface area contributed by atoms with Gasteiger partial charge < -0.3 is 14.2 Å². The summed E-state index contributed by atoms with van der Waals surface area (Å²) in [5.41, 5.74) is 2.39. The van der Waals surface area contributed by atoms with E-state index < -0.39 is 0 Å². The Morgan fingerprint density at radius 1 is 1.27 bits per heavy atom. The molecule has 1 aliphatic heterocycles. The molecule has 0 amide bonds. The van der Waals surface area contributed by atoms with Gasteiger partial charge in [-0.25, -0.2) is 0 Å². The van der Waals surface area contributed by atoms with E-state index >= 15 is 0 Å². The molecule has 140 valence electrons. The molecule has 0 N–H and O–H groups in total. The Balaban J connectivity index is 1.98. The van der Waals surface area contributed by atoms with Crippen molar-refractivity contribution in [1.29, 1.82) is 0 Å². The van der Waals surface area contributed by atoms with Crippen LogP contribution in [0.3, 0.4) is 0 Å². The van der Waals surface area contributed by atoms with E-state index in [2.05, 4.69) is 22.4 Å². The van der Waals surface area contributed by atoms with Gasteiger partial charge in [0, 0.05) is 11.4 Å². The molecular weight excluding hydrogens is 350 g/mol. The first kappa shape index (κ1) is 18.7. The van der Waals surface area contributed by atoms with Gasteiger partial charge in [0.05, 0.1) is 32.9 Å². The van der Waals surface area contributed by atoms with Crippen LogP contribution >= 0.6 is 11.3 Å². The van der Waals surface area contributed by atoms with Crippen molar-refractivity contribution >= 4 is 17.3 Å². The third-order valence-electron chi connectivity index (χ3n) is 4.49.